The van der Waals surface area contributed by atoms with Crippen molar-refractivity contribution < 1.29 is 14.4 Å². The second-order valence-electron chi connectivity index (χ2n) is 4.43. The third-order valence-corrected chi connectivity index (χ3v) is 2.92. The number of hydrogen-bond acceptors (Lipinski definition) is 5. The lowest BCUT2D eigenvalue weighted by Crippen LogP contribution is -2.00. The standard InChI is InChI=1S/C17H14N2O3/c1-21-17(20)16-8-6-14(7-9-16)11-19-22-12-15-4-2-13(10-18)3-5-15/h2-9,11H,12H2,1H3/b19-11-. The number of ether oxygens (including phenoxy) is 1. The van der Waals surface area contributed by atoms with E-state index in [1.165, 1.54) is 7.11 Å². The third kappa shape index (κ3) is 4.18. The van der Waals surface area contributed by atoms with Gasteiger partial charge >= 0.3 is 5.97 Å². The maximum Gasteiger partial charge on any atom is 0.337 e. The molecule has 2 aromatic rings. The Balaban J connectivity index is 1.87. The Morgan fingerprint density at radius 3 is 2.45 bits per heavy atom. The van der Waals surface area contributed by atoms with Crippen LogP contribution in [0.1, 0.15) is 27.0 Å². The smallest absolute Gasteiger partial charge is 0.337 e. The molecule has 2 rings (SSSR count). The van der Waals surface area contributed by atoms with Crippen LogP contribution < -0.4 is 0 Å². The molecule has 0 unspecified atom stereocenters. The van der Waals surface area contributed by atoms with Crippen molar-refractivity contribution >= 4 is 12.2 Å². The molecule has 0 spiro atoms. The predicted octanol–water partition coefficient (Wildman–Crippen LogP) is 2.90. The maximum absolute atomic E-state index is 11.3. The lowest BCUT2D eigenvalue weighted by Gasteiger charge is -2.00. The van der Waals surface area contributed by atoms with Crippen LogP contribution in [0.15, 0.2) is 53.7 Å². The normalized spacial score (nSPS) is 10.2. The van der Waals surface area contributed by atoms with E-state index >= 15 is 0 Å². The van der Waals surface area contributed by atoms with E-state index in [-0.39, 0.29) is 5.97 Å². The summed E-state index contributed by atoms with van der Waals surface area (Å²) in [6, 6.07) is 16.0. The van der Waals surface area contributed by atoms with E-state index in [4.69, 9.17) is 10.1 Å². The minimum Gasteiger partial charge on any atom is -0.465 e. The van der Waals surface area contributed by atoms with Gasteiger partial charge in [-0.25, -0.2) is 4.79 Å². The molecule has 0 radical (unpaired) electrons. The van der Waals surface area contributed by atoms with Crippen LogP contribution in [-0.2, 0) is 16.2 Å². The highest BCUT2D eigenvalue weighted by Gasteiger charge is 2.03. The molecule has 22 heavy (non-hydrogen) atoms. The summed E-state index contributed by atoms with van der Waals surface area (Å²) >= 11 is 0. The van der Waals surface area contributed by atoms with Crippen molar-refractivity contribution in [2.45, 2.75) is 6.61 Å². The van der Waals surface area contributed by atoms with Gasteiger partial charge < -0.3 is 9.57 Å². The Hall–Kier alpha value is -3.13. The molecule has 0 amide bonds. The van der Waals surface area contributed by atoms with Crippen molar-refractivity contribution in [1.82, 2.24) is 0 Å². The zero-order valence-electron chi connectivity index (χ0n) is 12.0. The van der Waals surface area contributed by atoms with Crippen LogP contribution >= 0.6 is 0 Å². The fourth-order valence-electron chi connectivity index (χ4n) is 1.71. The van der Waals surface area contributed by atoms with Gasteiger partial charge in [0.1, 0.15) is 6.61 Å². The molecule has 5 nitrogen and oxygen atoms in total. The monoisotopic (exact) mass is 294 g/mol. The first-order valence-corrected chi connectivity index (χ1v) is 6.55. The van der Waals surface area contributed by atoms with E-state index in [1.54, 1.807) is 42.6 Å². The van der Waals surface area contributed by atoms with Crippen LogP contribution in [0.4, 0.5) is 0 Å². The van der Waals surface area contributed by atoms with Gasteiger partial charge in [0.05, 0.1) is 30.5 Å². The first kappa shape index (κ1) is 15.3. The first-order chi connectivity index (χ1) is 10.7. The molecule has 0 aliphatic heterocycles. The fourth-order valence-corrected chi connectivity index (χ4v) is 1.71. The SMILES string of the molecule is COC(=O)c1ccc(/C=N\OCc2ccc(C#N)cc2)cc1. The molecule has 0 aliphatic rings. The molecule has 0 heterocycles. The summed E-state index contributed by atoms with van der Waals surface area (Å²) in [5, 5.41) is 12.6. The number of methoxy groups -OCH3 is 1. The molecule has 2 aromatic carbocycles. The van der Waals surface area contributed by atoms with Crippen molar-refractivity contribution in [3.05, 3.63) is 70.8 Å². The van der Waals surface area contributed by atoms with Crippen LogP contribution in [0.25, 0.3) is 0 Å². The number of nitrogens with zero attached hydrogens (tertiary/aromatic N) is 2. The molecule has 0 saturated carbocycles. The Morgan fingerprint density at radius 1 is 1.18 bits per heavy atom. The van der Waals surface area contributed by atoms with Gasteiger partial charge in [0, 0.05) is 0 Å². The minimum atomic E-state index is -0.374. The highest BCUT2D eigenvalue weighted by atomic mass is 16.6. The number of nitriles is 1. The van der Waals surface area contributed by atoms with E-state index < -0.39 is 0 Å². The van der Waals surface area contributed by atoms with Crippen LogP contribution in [0.3, 0.4) is 0 Å². The van der Waals surface area contributed by atoms with Gasteiger partial charge in [0.15, 0.2) is 0 Å². The number of oxime groups is 1. The summed E-state index contributed by atoms with van der Waals surface area (Å²) in [5.74, 6) is -0.374. The summed E-state index contributed by atoms with van der Waals surface area (Å²) in [6.07, 6.45) is 1.56. The highest BCUT2D eigenvalue weighted by Crippen LogP contribution is 2.06. The Labute approximate surface area is 128 Å². The van der Waals surface area contributed by atoms with E-state index in [9.17, 15) is 4.79 Å². The molecule has 5 heteroatoms. The average Bonchev–Trinajstić information content (AvgIpc) is 2.59. The number of carbonyl (C=O) groups excluding carboxylic acids is 1. The van der Waals surface area contributed by atoms with E-state index in [2.05, 4.69) is 16.0 Å². The summed E-state index contributed by atoms with van der Waals surface area (Å²) in [5.41, 5.74) is 2.83. The van der Waals surface area contributed by atoms with E-state index in [0.29, 0.717) is 17.7 Å². The number of rotatable bonds is 5. The molecular weight excluding hydrogens is 280 g/mol. The zero-order chi connectivity index (χ0) is 15.8. The Morgan fingerprint density at radius 2 is 1.86 bits per heavy atom. The summed E-state index contributed by atoms with van der Waals surface area (Å²) in [6.45, 7) is 0.322. The first-order valence-electron chi connectivity index (χ1n) is 6.55. The molecule has 0 saturated heterocycles. The van der Waals surface area contributed by atoms with Crippen molar-refractivity contribution in [2.24, 2.45) is 5.16 Å². The zero-order valence-corrected chi connectivity index (χ0v) is 12.0. The van der Waals surface area contributed by atoms with Gasteiger partial charge in [0.25, 0.3) is 0 Å². The molecule has 0 N–H and O–H groups in total. The largest absolute Gasteiger partial charge is 0.465 e. The lowest BCUT2D eigenvalue weighted by molar-refractivity contribution is 0.0600. The molecule has 0 aliphatic carbocycles. The number of hydrogen-bond donors (Lipinski definition) is 0. The van der Waals surface area contributed by atoms with Gasteiger partial charge in [-0.3, -0.25) is 0 Å². The van der Waals surface area contributed by atoms with Crippen LogP contribution in [0, 0.1) is 11.3 Å². The Bertz CT molecular complexity index is 698. The Kier molecular flexibility index (Phi) is 5.27. The third-order valence-electron chi connectivity index (χ3n) is 2.92. The highest BCUT2D eigenvalue weighted by molar-refractivity contribution is 5.90. The van der Waals surface area contributed by atoms with Crippen molar-refractivity contribution in [2.75, 3.05) is 7.11 Å². The molecule has 0 atom stereocenters. The minimum absolute atomic E-state index is 0.322. The van der Waals surface area contributed by atoms with Gasteiger partial charge in [-0.1, -0.05) is 29.4 Å². The molecule has 0 aromatic heterocycles. The summed E-state index contributed by atoms with van der Waals surface area (Å²) in [7, 11) is 1.34. The number of benzene rings is 2. The van der Waals surface area contributed by atoms with Gasteiger partial charge in [-0.05, 0) is 35.4 Å². The molecule has 0 fully saturated rings. The maximum atomic E-state index is 11.3. The number of carbonyl (C=O) groups is 1. The van der Waals surface area contributed by atoms with Gasteiger partial charge in [-0.15, -0.1) is 0 Å². The van der Waals surface area contributed by atoms with E-state index in [0.717, 1.165) is 11.1 Å². The van der Waals surface area contributed by atoms with E-state index in [1.807, 2.05) is 12.1 Å². The predicted molar refractivity (Wildman–Crippen MR) is 81.3 cm³/mol. The average molecular weight is 294 g/mol. The molecule has 110 valence electrons. The van der Waals surface area contributed by atoms with Crippen LogP contribution in [0.2, 0.25) is 0 Å². The molecule has 0 bridgehead atoms. The topological polar surface area (TPSA) is 71.7 Å². The second kappa shape index (κ2) is 7.60. The van der Waals surface area contributed by atoms with Crippen molar-refractivity contribution in [3.63, 3.8) is 0 Å². The van der Waals surface area contributed by atoms with Crippen molar-refractivity contribution in [1.29, 1.82) is 5.26 Å². The quantitative estimate of drug-likeness (QED) is 0.483. The second-order valence-corrected chi connectivity index (χ2v) is 4.43. The van der Waals surface area contributed by atoms with Crippen molar-refractivity contribution in [3.8, 4) is 6.07 Å². The fraction of sp³-hybridized carbons (Fsp3) is 0.118. The molecular formula is C17H14N2O3. The number of esters is 1. The lowest BCUT2D eigenvalue weighted by atomic mass is 10.1. The van der Waals surface area contributed by atoms with Crippen LogP contribution in [-0.4, -0.2) is 19.3 Å². The van der Waals surface area contributed by atoms with Gasteiger partial charge in [0.2, 0.25) is 0 Å². The van der Waals surface area contributed by atoms with Gasteiger partial charge in [-0.2, -0.15) is 5.26 Å². The summed E-state index contributed by atoms with van der Waals surface area (Å²) < 4.78 is 4.62. The van der Waals surface area contributed by atoms with Crippen LogP contribution in [0.5, 0.6) is 0 Å². The summed E-state index contributed by atoms with van der Waals surface area (Å²) in [4.78, 5) is 16.5.